The van der Waals surface area contributed by atoms with Crippen molar-refractivity contribution in [1.29, 1.82) is 0 Å². The predicted molar refractivity (Wildman–Crippen MR) is 138 cm³/mol. The van der Waals surface area contributed by atoms with E-state index >= 15 is 0 Å². The first-order chi connectivity index (χ1) is 18.0. The van der Waals surface area contributed by atoms with E-state index in [0.29, 0.717) is 50.6 Å². The average Bonchev–Trinajstić information content (AvgIpc) is 2.87. The van der Waals surface area contributed by atoms with Gasteiger partial charge in [0.2, 0.25) is 17.7 Å². The van der Waals surface area contributed by atoms with Crippen LogP contribution in [-0.4, -0.2) is 79.4 Å². The van der Waals surface area contributed by atoms with Gasteiger partial charge in [-0.05, 0) is 55.3 Å². The van der Waals surface area contributed by atoms with E-state index in [9.17, 15) is 27.6 Å². The highest BCUT2D eigenvalue weighted by Crippen LogP contribution is 2.32. The number of halogens is 3. The van der Waals surface area contributed by atoms with Gasteiger partial charge in [-0.15, -0.1) is 0 Å². The highest BCUT2D eigenvalue weighted by atomic mass is 19.4. The van der Waals surface area contributed by atoms with Crippen LogP contribution in [0.15, 0.2) is 42.5 Å². The molecule has 0 radical (unpaired) electrons. The summed E-state index contributed by atoms with van der Waals surface area (Å²) in [6.07, 6.45) is -4.56. The van der Waals surface area contributed by atoms with Gasteiger partial charge >= 0.3 is 6.18 Å². The van der Waals surface area contributed by atoms with Crippen LogP contribution in [0.3, 0.4) is 0 Å². The van der Waals surface area contributed by atoms with Gasteiger partial charge in [0.15, 0.2) is 0 Å². The Hall–Kier alpha value is -3.60. The predicted octanol–water partition coefficient (Wildman–Crippen LogP) is 2.80. The molecule has 0 aromatic heterocycles. The Morgan fingerprint density at radius 1 is 1.00 bits per heavy atom. The number of anilines is 2. The van der Waals surface area contributed by atoms with Crippen LogP contribution in [0.2, 0.25) is 0 Å². The van der Waals surface area contributed by atoms with Crippen LogP contribution < -0.4 is 15.5 Å². The molecule has 2 fully saturated rings. The number of hydrogen-bond acceptors (Lipinski definition) is 5. The Kier molecular flexibility index (Phi) is 8.25. The minimum atomic E-state index is -4.41. The molecule has 2 aliphatic rings. The minimum absolute atomic E-state index is 0.0684. The number of rotatable bonds is 6. The van der Waals surface area contributed by atoms with Crippen LogP contribution in [-0.2, 0) is 20.6 Å². The fraction of sp³-hybridized carbons (Fsp3) is 0.444. The minimum Gasteiger partial charge on any atom is -0.369 e. The second-order valence-electron chi connectivity index (χ2n) is 9.76. The molecule has 11 heteroatoms. The lowest BCUT2D eigenvalue weighted by Gasteiger charge is -2.39. The lowest BCUT2D eigenvalue weighted by molar-refractivity contribution is -0.145. The topological polar surface area (TPSA) is 85.0 Å². The molecule has 2 aromatic carbocycles. The summed E-state index contributed by atoms with van der Waals surface area (Å²) in [5, 5.41) is 5.54. The molecule has 0 spiro atoms. The number of hydrogen-bond donors (Lipinski definition) is 2. The van der Waals surface area contributed by atoms with Gasteiger partial charge in [0.25, 0.3) is 0 Å². The molecule has 4 rings (SSSR count). The summed E-state index contributed by atoms with van der Waals surface area (Å²) in [6.45, 7) is 6.51. The second-order valence-corrected chi connectivity index (χ2v) is 9.76. The van der Waals surface area contributed by atoms with Crippen molar-refractivity contribution < 1.29 is 27.6 Å². The zero-order valence-electron chi connectivity index (χ0n) is 21.5. The van der Waals surface area contributed by atoms with E-state index in [1.54, 1.807) is 12.1 Å². The molecule has 2 N–H and O–H groups in total. The van der Waals surface area contributed by atoms with Crippen molar-refractivity contribution >= 4 is 29.1 Å². The molecular weight excluding hydrogens is 499 g/mol. The molecule has 0 saturated carbocycles. The van der Waals surface area contributed by atoms with Gasteiger partial charge < -0.3 is 20.4 Å². The van der Waals surface area contributed by atoms with E-state index in [0.717, 1.165) is 23.3 Å². The van der Waals surface area contributed by atoms with Crippen molar-refractivity contribution in [2.45, 2.75) is 32.5 Å². The smallest absolute Gasteiger partial charge is 0.369 e. The quantitative estimate of drug-likeness (QED) is 0.599. The Bertz CT molecular complexity index is 1190. The number of amides is 3. The molecule has 2 saturated heterocycles. The first-order valence-corrected chi connectivity index (χ1v) is 12.6. The van der Waals surface area contributed by atoms with Gasteiger partial charge in [-0.3, -0.25) is 19.3 Å². The number of piperazine rings is 2. The number of nitrogens with zero attached hydrogens (tertiary/aromatic N) is 3. The Balaban J connectivity index is 1.33. The zero-order chi connectivity index (χ0) is 27.4. The maximum absolute atomic E-state index is 13.2. The number of aryl methyl sites for hydroxylation is 2. The van der Waals surface area contributed by atoms with Crippen molar-refractivity contribution in [3.8, 4) is 0 Å². The monoisotopic (exact) mass is 531 g/mol. The van der Waals surface area contributed by atoms with Crippen LogP contribution in [0.4, 0.5) is 24.5 Å². The maximum Gasteiger partial charge on any atom is 0.416 e. The SMILES string of the molecule is Cc1ccc(NC(=O)C[C@@H]2C(=O)NCCN2C(=O)CN2CCN(c3cccc(C(F)(F)F)c3)CC2)cc1C. The largest absolute Gasteiger partial charge is 0.416 e. The first-order valence-electron chi connectivity index (χ1n) is 12.6. The molecule has 2 aliphatic heterocycles. The molecule has 204 valence electrons. The summed E-state index contributed by atoms with van der Waals surface area (Å²) in [5.74, 6) is -0.978. The standard InChI is InChI=1S/C27H32F3N5O3/c1-18-6-7-21(14-19(18)2)32-24(36)16-23-26(38)31-8-9-35(23)25(37)17-33-10-12-34(13-11-33)22-5-3-4-20(15-22)27(28,29)30/h3-7,14-15,23H,8-13,16-17H2,1-2H3,(H,31,38)(H,32,36)/t23-/m1/s1. The first kappa shape index (κ1) is 27.4. The van der Waals surface area contributed by atoms with Gasteiger partial charge in [0, 0.05) is 50.6 Å². The van der Waals surface area contributed by atoms with Crippen molar-refractivity contribution in [3.63, 3.8) is 0 Å². The maximum atomic E-state index is 13.2. The van der Waals surface area contributed by atoms with Crippen LogP contribution in [0.5, 0.6) is 0 Å². The van der Waals surface area contributed by atoms with Crippen LogP contribution in [0, 0.1) is 13.8 Å². The van der Waals surface area contributed by atoms with Gasteiger partial charge in [0.1, 0.15) is 6.04 Å². The van der Waals surface area contributed by atoms with Gasteiger partial charge in [-0.2, -0.15) is 13.2 Å². The molecule has 0 unspecified atom stereocenters. The third kappa shape index (κ3) is 6.63. The normalized spacial score (nSPS) is 18.8. The number of benzene rings is 2. The van der Waals surface area contributed by atoms with Crippen LogP contribution in [0.25, 0.3) is 0 Å². The molecule has 0 bridgehead atoms. The lowest BCUT2D eigenvalue weighted by atomic mass is 10.1. The van der Waals surface area contributed by atoms with Gasteiger partial charge in [-0.25, -0.2) is 0 Å². The molecule has 2 heterocycles. The Labute approximate surface area is 219 Å². The number of carbonyl (C=O) groups is 3. The van der Waals surface area contributed by atoms with E-state index < -0.39 is 17.8 Å². The third-order valence-corrected chi connectivity index (χ3v) is 7.09. The van der Waals surface area contributed by atoms with Gasteiger partial charge in [0.05, 0.1) is 18.5 Å². The third-order valence-electron chi connectivity index (χ3n) is 7.09. The van der Waals surface area contributed by atoms with E-state index in [4.69, 9.17) is 0 Å². The summed E-state index contributed by atoms with van der Waals surface area (Å²) < 4.78 is 39.2. The Morgan fingerprint density at radius 3 is 2.42 bits per heavy atom. The fourth-order valence-electron chi connectivity index (χ4n) is 4.75. The van der Waals surface area contributed by atoms with Crippen molar-refractivity contribution in [2.24, 2.45) is 0 Å². The summed E-state index contributed by atoms with van der Waals surface area (Å²) >= 11 is 0. The molecule has 0 aliphatic carbocycles. The number of alkyl halides is 3. The molecular formula is C27H32F3N5O3. The summed E-state index contributed by atoms with van der Waals surface area (Å²) in [6, 6.07) is 9.88. The molecule has 3 amide bonds. The van der Waals surface area contributed by atoms with E-state index in [2.05, 4.69) is 10.6 Å². The van der Waals surface area contributed by atoms with E-state index in [-0.39, 0.29) is 30.7 Å². The average molecular weight is 532 g/mol. The molecule has 1 atom stereocenters. The molecule has 38 heavy (non-hydrogen) atoms. The number of nitrogens with one attached hydrogen (secondary N) is 2. The summed E-state index contributed by atoms with van der Waals surface area (Å²) in [4.78, 5) is 43.8. The van der Waals surface area contributed by atoms with E-state index in [1.165, 1.54) is 11.0 Å². The highest BCUT2D eigenvalue weighted by molar-refractivity contribution is 5.97. The van der Waals surface area contributed by atoms with Crippen molar-refractivity contribution in [2.75, 3.05) is 56.0 Å². The van der Waals surface area contributed by atoms with Gasteiger partial charge in [-0.1, -0.05) is 12.1 Å². The highest BCUT2D eigenvalue weighted by Gasteiger charge is 2.36. The van der Waals surface area contributed by atoms with Crippen LogP contribution >= 0.6 is 0 Å². The zero-order valence-corrected chi connectivity index (χ0v) is 21.5. The van der Waals surface area contributed by atoms with Crippen molar-refractivity contribution in [3.05, 3.63) is 59.2 Å². The summed E-state index contributed by atoms with van der Waals surface area (Å²) in [7, 11) is 0. The second kappa shape index (κ2) is 11.4. The fourth-order valence-corrected chi connectivity index (χ4v) is 4.75. The number of carbonyl (C=O) groups excluding carboxylic acids is 3. The van der Waals surface area contributed by atoms with E-state index in [1.807, 2.05) is 35.8 Å². The van der Waals surface area contributed by atoms with Crippen LogP contribution in [0.1, 0.15) is 23.1 Å². The molecule has 8 nitrogen and oxygen atoms in total. The van der Waals surface area contributed by atoms with Crippen molar-refractivity contribution in [1.82, 2.24) is 15.1 Å². The summed E-state index contributed by atoms with van der Waals surface area (Å²) in [5.41, 5.74) is 2.56. The Morgan fingerprint density at radius 2 is 1.74 bits per heavy atom. The molecule has 2 aromatic rings. The lowest BCUT2D eigenvalue weighted by Crippen LogP contribution is -2.60.